The maximum absolute atomic E-state index is 5.66. The number of hydrazine groups is 1. The van der Waals surface area contributed by atoms with Crippen molar-refractivity contribution in [3.63, 3.8) is 0 Å². The number of nitrogen functional groups attached to an aromatic ring is 1. The average molecular weight is 286 g/mol. The summed E-state index contributed by atoms with van der Waals surface area (Å²) in [7, 11) is 0. The van der Waals surface area contributed by atoms with Gasteiger partial charge in [-0.15, -0.1) is 11.3 Å². The minimum absolute atomic E-state index is 0.591. The van der Waals surface area contributed by atoms with E-state index in [0.29, 0.717) is 17.4 Å². The molecule has 0 saturated heterocycles. The fourth-order valence-electron chi connectivity index (χ4n) is 2.80. The lowest BCUT2D eigenvalue weighted by molar-refractivity contribution is 0.576. The molecule has 0 saturated carbocycles. The number of aromatic nitrogens is 2. The molecule has 20 heavy (non-hydrogen) atoms. The zero-order valence-corrected chi connectivity index (χ0v) is 11.9. The molecule has 0 unspecified atom stereocenters. The summed E-state index contributed by atoms with van der Waals surface area (Å²) in [6, 6.07) is 1.91. The summed E-state index contributed by atoms with van der Waals surface area (Å²) in [5.74, 6) is 7.65. The highest BCUT2D eigenvalue weighted by Crippen LogP contribution is 2.40. The number of hydrogen-bond acceptors (Lipinski definition) is 6. The molecular formula is C14H14N4OS. The smallest absolute Gasteiger partial charge is 0.199 e. The molecule has 0 aromatic carbocycles. The lowest BCUT2D eigenvalue weighted by atomic mass is 10.2. The van der Waals surface area contributed by atoms with E-state index in [1.165, 1.54) is 16.9 Å². The van der Waals surface area contributed by atoms with Crippen LogP contribution in [0.4, 0.5) is 5.82 Å². The first-order chi connectivity index (χ1) is 9.78. The quantitative estimate of drug-likeness (QED) is 0.559. The molecule has 3 heterocycles. The van der Waals surface area contributed by atoms with Crippen molar-refractivity contribution < 1.29 is 4.42 Å². The second-order valence-electron chi connectivity index (χ2n) is 5.01. The van der Waals surface area contributed by atoms with Crippen LogP contribution in [0.1, 0.15) is 22.4 Å². The van der Waals surface area contributed by atoms with Crippen LogP contribution in [0.5, 0.6) is 0 Å². The van der Waals surface area contributed by atoms with Gasteiger partial charge in [-0.1, -0.05) is 0 Å². The van der Waals surface area contributed by atoms with Crippen molar-refractivity contribution in [3.05, 3.63) is 28.3 Å². The first-order valence-electron chi connectivity index (χ1n) is 6.61. The van der Waals surface area contributed by atoms with Crippen molar-refractivity contribution in [1.29, 1.82) is 0 Å². The normalized spacial score (nSPS) is 13.9. The second kappa shape index (κ2) is 4.29. The molecule has 0 fully saturated rings. The van der Waals surface area contributed by atoms with E-state index in [9.17, 15) is 0 Å². The molecule has 1 aliphatic carbocycles. The lowest BCUT2D eigenvalue weighted by Gasteiger charge is -2.05. The highest BCUT2D eigenvalue weighted by molar-refractivity contribution is 7.19. The van der Waals surface area contributed by atoms with Gasteiger partial charge in [-0.05, 0) is 43.4 Å². The lowest BCUT2D eigenvalue weighted by Crippen LogP contribution is -2.10. The number of rotatable bonds is 2. The molecule has 0 radical (unpaired) electrons. The van der Waals surface area contributed by atoms with E-state index in [-0.39, 0.29) is 0 Å². The van der Waals surface area contributed by atoms with Crippen LogP contribution < -0.4 is 11.3 Å². The van der Waals surface area contributed by atoms with Crippen LogP contribution in [0.3, 0.4) is 0 Å². The molecule has 0 atom stereocenters. The van der Waals surface area contributed by atoms with Crippen molar-refractivity contribution in [2.24, 2.45) is 5.84 Å². The first kappa shape index (κ1) is 11.9. The van der Waals surface area contributed by atoms with Gasteiger partial charge in [0.15, 0.2) is 17.4 Å². The number of aryl methyl sites for hydroxylation is 3. The number of nitrogens with one attached hydrogen (secondary N) is 1. The van der Waals surface area contributed by atoms with Crippen LogP contribution in [-0.2, 0) is 12.8 Å². The van der Waals surface area contributed by atoms with Gasteiger partial charge >= 0.3 is 0 Å². The maximum atomic E-state index is 5.66. The van der Waals surface area contributed by atoms with Gasteiger partial charge in [-0.3, -0.25) is 0 Å². The molecule has 1 aliphatic rings. The molecule has 5 nitrogen and oxygen atoms in total. The minimum Gasteiger partial charge on any atom is -0.461 e. The van der Waals surface area contributed by atoms with Crippen molar-refractivity contribution in [2.45, 2.75) is 26.2 Å². The molecule has 4 rings (SSSR count). The van der Waals surface area contributed by atoms with Gasteiger partial charge < -0.3 is 9.84 Å². The van der Waals surface area contributed by atoms with Gasteiger partial charge in [0, 0.05) is 4.88 Å². The van der Waals surface area contributed by atoms with E-state index >= 15 is 0 Å². The van der Waals surface area contributed by atoms with Gasteiger partial charge in [-0.2, -0.15) is 0 Å². The summed E-state index contributed by atoms with van der Waals surface area (Å²) >= 11 is 1.74. The maximum Gasteiger partial charge on any atom is 0.199 e. The van der Waals surface area contributed by atoms with E-state index in [1.54, 1.807) is 17.6 Å². The Kier molecular flexibility index (Phi) is 2.55. The average Bonchev–Trinajstić information content (AvgIpc) is 3.12. The van der Waals surface area contributed by atoms with E-state index < -0.39 is 0 Å². The molecule has 6 heteroatoms. The van der Waals surface area contributed by atoms with E-state index in [1.807, 2.05) is 13.0 Å². The van der Waals surface area contributed by atoms with E-state index in [4.69, 9.17) is 10.3 Å². The summed E-state index contributed by atoms with van der Waals surface area (Å²) in [5.41, 5.74) is 5.11. The minimum atomic E-state index is 0.591. The van der Waals surface area contributed by atoms with E-state index in [2.05, 4.69) is 15.4 Å². The Hall–Kier alpha value is -1.92. The van der Waals surface area contributed by atoms with Gasteiger partial charge in [0.25, 0.3) is 0 Å². The number of anilines is 1. The molecule has 0 spiro atoms. The van der Waals surface area contributed by atoms with Gasteiger partial charge in [0.2, 0.25) is 0 Å². The zero-order chi connectivity index (χ0) is 13.7. The van der Waals surface area contributed by atoms with Gasteiger partial charge in [-0.25, -0.2) is 15.8 Å². The summed E-state index contributed by atoms with van der Waals surface area (Å²) in [5, 5.41) is 1.08. The van der Waals surface area contributed by atoms with Crippen molar-refractivity contribution in [3.8, 4) is 11.6 Å². The van der Waals surface area contributed by atoms with Crippen LogP contribution in [0.15, 0.2) is 16.7 Å². The predicted molar refractivity (Wildman–Crippen MR) is 79.7 cm³/mol. The Morgan fingerprint density at radius 1 is 1.35 bits per heavy atom. The second-order valence-corrected chi connectivity index (χ2v) is 6.09. The highest BCUT2D eigenvalue weighted by Gasteiger charge is 2.23. The first-order valence-corrected chi connectivity index (χ1v) is 7.43. The Balaban J connectivity index is 2.00. The van der Waals surface area contributed by atoms with Gasteiger partial charge in [0.05, 0.1) is 11.6 Å². The monoisotopic (exact) mass is 286 g/mol. The van der Waals surface area contributed by atoms with E-state index in [0.717, 1.165) is 28.6 Å². The number of nitrogens with two attached hydrogens (primary N) is 1. The van der Waals surface area contributed by atoms with Gasteiger partial charge in [0.1, 0.15) is 4.83 Å². The Morgan fingerprint density at radius 3 is 3.00 bits per heavy atom. The number of thiophene rings is 1. The third-order valence-corrected chi connectivity index (χ3v) is 4.95. The fourth-order valence-corrected chi connectivity index (χ4v) is 4.06. The largest absolute Gasteiger partial charge is 0.461 e. The Labute approximate surface area is 119 Å². The Bertz CT molecular complexity index is 805. The molecule has 3 aromatic rings. The predicted octanol–water partition coefficient (Wildman–Crippen LogP) is 3.03. The summed E-state index contributed by atoms with van der Waals surface area (Å²) < 4.78 is 5.49. The number of fused-ring (bicyclic) bond motifs is 3. The molecule has 0 aliphatic heterocycles. The topological polar surface area (TPSA) is 77.0 Å². The van der Waals surface area contributed by atoms with Crippen molar-refractivity contribution in [2.75, 3.05) is 5.43 Å². The Morgan fingerprint density at radius 2 is 2.25 bits per heavy atom. The summed E-state index contributed by atoms with van der Waals surface area (Å²) in [6.45, 7) is 1.98. The zero-order valence-electron chi connectivity index (χ0n) is 11.1. The molecule has 102 valence electrons. The third-order valence-electron chi connectivity index (χ3n) is 3.77. The molecular weight excluding hydrogens is 272 g/mol. The van der Waals surface area contributed by atoms with Crippen LogP contribution >= 0.6 is 11.3 Å². The number of furan rings is 1. The van der Waals surface area contributed by atoms with Crippen LogP contribution in [0, 0.1) is 6.92 Å². The molecule has 0 bridgehead atoms. The number of hydrogen-bond donors (Lipinski definition) is 2. The molecule has 0 amide bonds. The highest BCUT2D eigenvalue weighted by atomic mass is 32.1. The molecule has 3 N–H and O–H groups in total. The SMILES string of the molecule is Cc1ccoc1-c1nc(NN)c2c3c(sc2n1)CCC3. The molecule has 3 aromatic heterocycles. The summed E-state index contributed by atoms with van der Waals surface area (Å²) in [4.78, 5) is 11.6. The third kappa shape index (κ3) is 1.58. The van der Waals surface area contributed by atoms with Crippen molar-refractivity contribution >= 4 is 27.4 Å². The number of nitrogens with zero attached hydrogens (tertiary/aromatic N) is 2. The summed E-state index contributed by atoms with van der Waals surface area (Å²) in [6.07, 6.45) is 5.09. The van der Waals surface area contributed by atoms with Crippen LogP contribution in [0.2, 0.25) is 0 Å². The van der Waals surface area contributed by atoms with Crippen LogP contribution in [-0.4, -0.2) is 9.97 Å². The fraction of sp³-hybridized carbons (Fsp3) is 0.286. The van der Waals surface area contributed by atoms with Crippen molar-refractivity contribution in [1.82, 2.24) is 9.97 Å². The standard InChI is InChI=1S/C14H14N4OS/c1-7-5-6-19-11(7)13-16-12(18-15)10-8-3-2-4-9(8)20-14(10)17-13/h5-6H,2-4,15H2,1H3,(H,16,17,18). The van der Waals surface area contributed by atoms with Crippen LogP contribution in [0.25, 0.3) is 21.8 Å².